The number of aliphatic hydroxyl groups excluding tert-OH is 1. The van der Waals surface area contributed by atoms with E-state index < -0.39 is 11.6 Å². The van der Waals surface area contributed by atoms with E-state index in [0.717, 1.165) is 11.1 Å². The molecule has 0 atom stereocenters. The van der Waals surface area contributed by atoms with Crippen LogP contribution in [0.2, 0.25) is 0 Å². The van der Waals surface area contributed by atoms with E-state index in [2.05, 4.69) is 6.58 Å². The molecule has 3 aromatic rings. The summed E-state index contributed by atoms with van der Waals surface area (Å²) in [5, 5.41) is 9.66. The van der Waals surface area contributed by atoms with Gasteiger partial charge in [0.15, 0.2) is 11.6 Å². The second kappa shape index (κ2) is 10.9. The summed E-state index contributed by atoms with van der Waals surface area (Å²) < 4.78 is 49.4. The van der Waals surface area contributed by atoms with E-state index in [0.29, 0.717) is 67.6 Å². The predicted octanol–water partition coefficient (Wildman–Crippen LogP) is 7.14. The van der Waals surface area contributed by atoms with Crippen LogP contribution in [0.1, 0.15) is 48.3 Å². The SMILES string of the molecule is C=CCOc1ccc(-c2ccc(CCc3ccc(C4CCC(O)CC4)c(F)c3F)cc2)c(F)c1. The zero-order chi connectivity index (χ0) is 24.1. The first-order valence-corrected chi connectivity index (χ1v) is 11.7. The third-order valence-corrected chi connectivity index (χ3v) is 6.59. The minimum Gasteiger partial charge on any atom is -0.489 e. The number of rotatable bonds is 8. The highest BCUT2D eigenvalue weighted by molar-refractivity contribution is 5.65. The quantitative estimate of drug-likeness (QED) is 0.358. The van der Waals surface area contributed by atoms with E-state index in [1.54, 1.807) is 30.3 Å². The molecule has 0 unspecified atom stereocenters. The molecule has 178 valence electrons. The lowest BCUT2D eigenvalue weighted by Gasteiger charge is -2.26. The highest BCUT2D eigenvalue weighted by atomic mass is 19.2. The summed E-state index contributed by atoms with van der Waals surface area (Å²) in [6.45, 7) is 3.89. The number of ether oxygens (including phenoxy) is 1. The van der Waals surface area contributed by atoms with Crippen molar-refractivity contribution >= 4 is 0 Å². The van der Waals surface area contributed by atoms with Crippen LogP contribution in [0, 0.1) is 17.5 Å². The highest BCUT2D eigenvalue weighted by Gasteiger charge is 2.25. The molecule has 0 amide bonds. The summed E-state index contributed by atoms with van der Waals surface area (Å²) in [4.78, 5) is 0. The number of benzene rings is 3. The standard InChI is InChI=1S/C29H29F3O2/c1-2-17-34-24-14-16-25(27(30)18-24)20-6-3-19(4-7-20)5-8-22-11-15-26(29(32)28(22)31)21-9-12-23(33)13-10-21/h2-4,6-7,11,14-16,18,21,23,33H,1,5,8-10,12-13,17H2. The normalized spacial score (nSPS) is 18.0. The van der Waals surface area contributed by atoms with E-state index in [1.807, 2.05) is 24.3 Å². The lowest BCUT2D eigenvalue weighted by atomic mass is 9.82. The average Bonchev–Trinajstić information content (AvgIpc) is 2.85. The van der Waals surface area contributed by atoms with E-state index in [9.17, 15) is 18.3 Å². The van der Waals surface area contributed by atoms with Gasteiger partial charge in [0.2, 0.25) is 0 Å². The van der Waals surface area contributed by atoms with Crippen molar-refractivity contribution in [3.05, 3.63) is 101 Å². The van der Waals surface area contributed by atoms with Crippen molar-refractivity contribution < 1.29 is 23.0 Å². The van der Waals surface area contributed by atoms with Gasteiger partial charge in [-0.2, -0.15) is 0 Å². The largest absolute Gasteiger partial charge is 0.489 e. The Kier molecular flexibility index (Phi) is 7.73. The molecule has 1 saturated carbocycles. The first kappa shape index (κ1) is 24.1. The lowest BCUT2D eigenvalue weighted by molar-refractivity contribution is 0.122. The van der Waals surface area contributed by atoms with Gasteiger partial charge in [-0.3, -0.25) is 0 Å². The molecule has 0 bridgehead atoms. The Morgan fingerprint density at radius 2 is 1.62 bits per heavy atom. The summed E-state index contributed by atoms with van der Waals surface area (Å²) in [6, 6.07) is 15.5. The Hall–Kier alpha value is -3.05. The molecule has 2 nitrogen and oxygen atoms in total. The van der Waals surface area contributed by atoms with Crippen LogP contribution in [0.5, 0.6) is 5.75 Å². The summed E-state index contributed by atoms with van der Waals surface area (Å²) in [7, 11) is 0. The van der Waals surface area contributed by atoms with Crippen molar-refractivity contribution in [3.63, 3.8) is 0 Å². The van der Waals surface area contributed by atoms with Crippen LogP contribution >= 0.6 is 0 Å². The number of hydrogen-bond donors (Lipinski definition) is 1. The molecule has 1 aliphatic rings. The van der Waals surface area contributed by atoms with E-state index >= 15 is 0 Å². The van der Waals surface area contributed by atoms with Crippen LogP contribution in [0.25, 0.3) is 11.1 Å². The van der Waals surface area contributed by atoms with Gasteiger partial charge < -0.3 is 9.84 Å². The molecule has 0 spiro atoms. The highest BCUT2D eigenvalue weighted by Crippen LogP contribution is 2.35. The molecule has 1 fully saturated rings. The van der Waals surface area contributed by atoms with Crippen molar-refractivity contribution in [2.75, 3.05) is 6.61 Å². The van der Waals surface area contributed by atoms with E-state index in [4.69, 9.17) is 4.74 Å². The van der Waals surface area contributed by atoms with Crippen molar-refractivity contribution in [1.29, 1.82) is 0 Å². The van der Waals surface area contributed by atoms with Gasteiger partial charge in [-0.25, -0.2) is 13.2 Å². The summed E-state index contributed by atoms with van der Waals surface area (Å²) in [6.07, 6.45) is 4.78. The van der Waals surface area contributed by atoms with Crippen molar-refractivity contribution in [1.82, 2.24) is 0 Å². The predicted molar refractivity (Wildman–Crippen MR) is 129 cm³/mol. The van der Waals surface area contributed by atoms with Gasteiger partial charge in [0.1, 0.15) is 18.2 Å². The van der Waals surface area contributed by atoms with Crippen LogP contribution in [-0.4, -0.2) is 17.8 Å². The minimum atomic E-state index is -0.777. The fraction of sp³-hybridized carbons (Fsp3) is 0.310. The zero-order valence-electron chi connectivity index (χ0n) is 19.1. The van der Waals surface area contributed by atoms with Crippen LogP contribution in [0.3, 0.4) is 0 Å². The topological polar surface area (TPSA) is 29.5 Å². The number of aliphatic hydroxyl groups is 1. The fourth-order valence-corrected chi connectivity index (χ4v) is 4.60. The maximum Gasteiger partial charge on any atom is 0.162 e. The Balaban J connectivity index is 1.41. The second-order valence-electron chi connectivity index (χ2n) is 8.89. The van der Waals surface area contributed by atoms with Gasteiger partial charge in [-0.05, 0) is 78.8 Å². The Morgan fingerprint density at radius 3 is 2.29 bits per heavy atom. The molecule has 5 heteroatoms. The van der Waals surface area contributed by atoms with Gasteiger partial charge in [0.25, 0.3) is 0 Å². The Labute approximate surface area is 198 Å². The van der Waals surface area contributed by atoms with Gasteiger partial charge in [-0.1, -0.05) is 49.1 Å². The Morgan fingerprint density at radius 1 is 0.882 bits per heavy atom. The zero-order valence-corrected chi connectivity index (χ0v) is 19.1. The number of hydrogen-bond acceptors (Lipinski definition) is 2. The molecule has 4 rings (SSSR count). The Bertz CT molecular complexity index is 1130. The average molecular weight is 467 g/mol. The third-order valence-electron chi connectivity index (χ3n) is 6.59. The molecule has 0 heterocycles. The lowest BCUT2D eigenvalue weighted by Crippen LogP contribution is -2.18. The van der Waals surface area contributed by atoms with Crippen molar-refractivity contribution in [3.8, 4) is 16.9 Å². The molecule has 3 aromatic carbocycles. The summed E-state index contributed by atoms with van der Waals surface area (Å²) >= 11 is 0. The first-order chi connectivity index (χ1) is 16.5. The monoisotopic (exact) mass is 466 g/mol. The maximum atomic E-state index is 14.8. The molecular weight excluding hydrogens is 437 g/mol. The molecule has 0 aliphatic heterocycles. The van der Waals surface area contributed by atoms with Crippen LogP contribution in [0.15, 0.2) is 67.3 Å². The molecule has 0 aromatic heterocycles. The summed E-state index contributed by atoms with van der Waals surface area (Å²) in [5.41, 5.74) is 2.93. The molecule has 1 aliphatic carbocycles. The van der Waals surface area contributed by atoms with Gasteiger partial charge in [-0.15, -0.1) is 0 Å². The van der Waals surface area contributed by atoms with Gasteiger partial charge in [0.05, 0.1) is 6.10 Å². The van der Waals surface area contributed by atoms with Crippen LogP contribution in [0.4, 0.5) is 13.2 Å². The fourth-order valence-electron chi connectivity index (χ4n) is 4.60. The van der Waals surface area contributed by atoms with Gasteiger partial charge >= 0.3 is 0 Å². The molecule has 0 radical (unpaired) electrons. The van der Waals surface area contributed by atoms with E-state index in [1.165, 1.54) is 6.07 Å². The van der Waals surface area contributed by atoms with E-state index in [-0.39, 0.29) is 17.8 Å². The number of aryl methyl sites for hydroxylation is 2. The van der Waals surface area contributed by atoms with Crippen LogP contribution in [-0.2, 0) is 12.8 Å². The smallest absolute Gasteiger partial charge is 0.162 e. The maximum absolute atomic E-state index is 14.8. The second-order valence-corrected chi connectivity index (χ2v) is 8.89. The molecule has 34 heavy (non-hydrogen) atoms. The molecule has 1 N–H and O–H groups in total. The van der Waals surface area contributed by atoms with Crippen molar-refractivity contribution in [2.45, 2.75) is 50.5 Å². The van der Waals surface area contributed by atoms with Crippen molar-refractivity contribution in [2.24, 2.45) is 0 Å². The minimum absolute atomic E-state index is 0.0393. The van der Waals surface area contributed by atoms with Crippen LogP contribution < -0.4 is 4.74 Å². The van der Waals surface area contributed by atoms with Gasteiger partial charge in [0, 0.05) is 11.6 Å². The summed E-state index contributed by atoms with van der Waals surface area (Å²) in [5.74, 6) is -1.51. The first-order valence-electron chi connectivity index (χ1n) is 11.7. The number of halogens is 3. The third kappa shape index (κ3) is 5.53. The molecular formula is C29H29F3O2. The molecule has 0 saturated heterocycles.